The quantitative estimate of drug-likeness (QED) is 0.513. The minimum Gasteiger partial charge on any atom is -0.482 e. The molecule has 0 bridgehead atoms. The van der Waals surface area contributed by atoms with Crippen molar-refractivity contribution in [2.24, 2.45) is 5.92 Å². The fourth-order valence-corrected chi connectivity index (χ4v) is 2.71. The van der Waals surface area contributed by atoms with E-state index < -0.39 is 5.97 Å². The molecule has 0 saturated heterocycles. The first-order valence-corrected chi connectivity index (χ1v) is 9.57. The molecule has 0 unspecified atom stereocenters. The highest BCUT2D eigenvalue weighted by atomic mass is 16.6. The zero-order chi connectivity index (χ0) is 20.8. The third-order valence-electron chi connectivity index (χ3n) is 4.22. The summed E-state index contributed by atoms with van der Waals surface area (Å²) in [5.41, 5.74) is 1.07. The maximum absolute atomic E-state index is 12.8. The van der Waals surface area contributed by atoms with E-state index in [9.17, 15) is 9.59 Å². The Morgan fingerprint density at radius 3 is 2.66 bits per heavy atom. The average Bonchev–Trinajstić information content (AvgIpc) is 2.73. The Morgan fingerprint density at radius 2 is 1.90 bits per heavy atom. The van der Waals surface area contributed by atoms with Crippen LogP contribution in [0.1, 0.15) is 26.3 Å². The Bertz CT molecular complexity index is 1050. The van der Waals surface area contributed by atoms with Crippen LogP contribution in [0.5, 0.6) is 17.2 Å². The van der Waals surface area contributed by atoms with Gasteiger partial charge in [0, 0.05) is 6.07 Å². The van der Waals surface area contributed by atoms with Crippen LogP contribution >= 0.6 is 0 Å². The Labute approximate surface area is 169 Å². The van der Waals surface area contributed by atoms with Crippen LogP contribution in [0.2, 0.25) is 0 Å². The summed E-state index contributed by atoms with van der Waals surface area (Å²) in [7, 11) is 0. The van der Waals surface area contributed by atoms with Gasteiger partial charge in [0.25, 0.3) is 0 Å². The second-order valence-corrected chi connectivity index (χ2v) is 7.02. The summed E-state index contributed by atoms with van der Waals surface area (Å²) in [5, 5.41) is 0.367. The van der Waals surface area contributed by atoms with Crippen LogP contribution in [0.3, 0.4) is 0 Å². The predicted octanol–water partition coefficient (Wildman–Crippen LogP) is 4.73. The van der Waals surface area contributed by atoms with E-state index in [2.05, 4.69) is 0 Å². The summed E-state index contributed by atoms with van der Waals surface area (Å²) < 4.78 is 21.9. The van der Waals surface area contributed by atoms with Crippen LogP contribution in [0.4, 0.5) is 0 Å². The third kappa shape index (κ3) is 5.16. The van der Waals surface area contributed by atoms with Crippen molar-refractivity contribution in [1.82, 2.24) is 0 Å². The summed E-state index contributed by atoms with van der Waals surface area (Å²) in [4.78, 5) is 24.4. The first-order chi connectivity index (χ1) is 14.0. The molecule has 0 fully saturated rings. The number of rotatable bonds is 8. The van der Waals surface area contributed by atoms with E-state index in [1.165, 1.54) is 6.26 Å². The number of aryl methyl sites for hydroxylation is 1. The van der Waals surface area contributed by atoms with Gasteiger partial charge in [-0.15, -0.1) is 0 Å². The molecule has 6 nitrogen and oxygen atoms in total. The number of carbonyl (C=O) groups is 1. The molecule has 0 saturated carbocycles. The highest BCUT2D eigenvalue weighted by Crippen LogP contribution is 2.26. The smallest absolute Gasteiger partial charge is 0.344 e. The predicted molar refractivity (Wildman–Crippen MR) is 110 cm³/mol. The minimum absolute atomic E-state index is 0.115. The highest BCUT2D eigenvalue weighted by molar-refractivity contribution is 5.79. The summed E-state index contributed by atoms with van der Waals surface area (Å²) in [6.07, 6.45) is 2.08. The van der Waals surface area contributed by atoms with Crippen molar-refractivity contribution in [3.8, 4) is 17.2 Å². The Balaban J connectivity index is 1.75. The number of fused-ring (bicyclic) bond motifs is 1. The molecule has 2 aromatic carbocycles. The zero-order valence-corrected chi connectivity index (χ0v) is 16.8. The molecule has 0 radical (unpaired) electrons. The van der Waals surface area contributed by atoms with Gasteiger partial charge in [-0.3, -0.25) is 4.79 Å². The largest absolute Gasteiger partial charge is 0.482 e. The molecular weight excluding hydrogens is 372 g/mol. The number of para-hydroxylation sites is 1. The molecule has 1 aromatic heterocycles. The van der Waals surface area contributed by atoms with E-state index in [1.807, 2.05) is 45.0 Å². The van der Waals surface area contributed by atoms with E-state index in [1.54, 1.807) is 18.2 Å². The first kappa shape index (κ1) is 20.5. The second-order valence-electron chi connectivity index (χ2n) is 7.02. The molecule has 0 spiro atoms. The lowest BCUT2D eigenvalue weighted by molar-refractivity contribution is -0.147. The van der Waals surface area contributed by atoms with Crippen LogP contribution < -0.4 is 14.9 Å². The molecule has 3 aromatic rings. The van der Waals surface area contributed by atoms with Crippen molar-refractivity contribution in [1.29, 1.82) is 0 Å². The molecule has 0 aliphatic heterocycles. The number of esters is 1. The van der Waals surface area contributed by atoms with Crippen molar-refractivity contribution in [2.45, 2.75) is 27.2 Å². The molecule has 0 N–H and O–H groups in total. The van der Waals surface area contributed by atoms with Crippen LogP contribution in [0.15, 0.2) is 57.9 Å². The van der Waals surface area contributed by atoms with Gasteiger partial charge in [-0.1, -0.05) is 39.0 Å². The number of hydrogen-bond donors (Lipinski definition) is 0. The van der Waals surface area contributed by atoms with Gasteiger partial charge in [-0.2, -0.15) is 0 Å². The molecule has 0 amide bonds. The van der Waals surface area contributed by atoms with Gasteiger partial charge < -0.3 is 18.6 Å². The summed E-state index contributed by atoms with van der Waals surface area (Å²) >= 11 is 0. The van der Waals surface area contributed by atoms with Crippen molar-refractivity contribution in [2.75, 3.05) is 13.2 Å². The minimum atomic E-state index is -0.446. The monoisotopic (exact) mass is 396 g/mol. The maximum Gasteiger partial charge on any atom is 0.344 e. The Hall–Kier alpha value is -3.28. The summed E-state index contributed by atoms with van der Waals surface area (Å²) in [6, 6.07) is 12.3. The van der Waals surface area contributed by atoms with Gasteiger partial charge in [0.15, 0.2) is 6.61 Å². The number of carbonyl (C=O) groups excluding carboxylic acids is 1. The van der Waals surface area contributed by atoms with E-state index in [0.29, 0.717) is 29.1 Å². The topological polar surface area (TPSA) is 75.0 Å². The standard InChI is InChI=1S/C23H24O6/c1-4-16-7-5-6-8-19(16)29-21-13-27-20-11-17(9-10-18(20)23(21)25)26-14-22(24)28-12-15(2)3/h5-11,13,15H,4,12,14H2,1-3H3. The third-order valence-corrected chi connectivity index (χ3v) is 4.22. The maximum atomic E-state index is 12.8. The number of hydrogen-bond acceptors (Lipinski definition) is 6. The molecule has 0 aliphatic carbocycles. The average molecular weight is 396 g/mol. The summed E-state index contributed by atoms with van der Waals surface area (Å²) in [5.74, 6) is 0.964. The molecule has 1 heterocycles. The fourth-order valence-electron chi connectivity index (χ4n) is 2.71. The Kier molecular flexibility index (Phi) is 6.54. The lowest BCUT2D eigenvalue weighted by Gasteiger charge is -2.10. The van der Waals surface area contributed by atoms with Gasteiger partial charge in [0.05, 0.1) is 12.0 Å². The van der Waals surface area contributed by atoms with E-state index in [0.717, 1.165) is 12.0 Å². The second kappa shape index (κ2) is 9.28. The normalized spacial score (nSPS) is 10.9. The van der Waals surface area contributed by atoms with Crippen molar-refractivity contribution in [3.05, 3.63) is 64.5 Å². The lowest BCUT2D eigenvalue weighted by atomic mass is 10.1. The van der Waals surface area contributed by atoms with Crippen LogP contribution in [-0.2, 0) is 16.0 Å². The van der Waals surface area contributed by atoms with Crippen molar-refractivity contribution in [3.63, 3.8) is 0 Å². The molecular formula is C23H24O6. The van der Waals surface area contributed by atoms with Crippen molar-refractivity contribution >= 4 is 16.9 Å². The first-order valence-electron chi connectivity index (χ1n) is 9.57. The van der Waals surface area contributed by atoms with E-state index in [-0.39, 0.29) is 23.7 Å². The van der Waals surface area contributed by atoms with Gasteiger partial charge in [0.2, 0.25) is 11.2 Å². The number of ether oxygens (including phenoxy) is 3. The SMILES string of the molecule is CCc1ccccc1Oc1coc2cc(OCC(=O)OCC(C)C)ccc2c1=O. The van der Waals surface area contributed by atoms with Crippen LogP contribution in [0.25, 0.3) is 11.0 Å². The van der Waals surface area contributed by atoms with Crippen molar-refractivity contribution < 1.29 is 23.4 Å². The lowest BCUT2D eigenvalue weighted by Crippen LogP contribution is -2.17. The van der Waals surface area contributed by atoms with Gasteiger partial charge in [-0.25, -0.2) is 4.79 Å². The molecule has 3 rings (SSSR count). The summed E-state index contributed by atoms with van der Waals surface area (Å²) in [6.45, 7) is 6.07. The Morgan fingerprint density at radius 1 is 1.10 bits per heavy atom. The van der Waals surface area contributed by atoms with Crippen LogP contribution in [-0.4, -0.2) is 19.2 Å². The van der Waals surface area contributed by atoms with Gasteiger partial charge in [-0.05, 0) is 36.1 Å². The molecule has 0 aliphatic rings. The van der Waals surface area contributed by atoms with Gasteiger partial charge >= 0.3 is 5.97 Å². The van der Waals surface area contributed by atoms with Crippen LogP contribution in [0, 0.1) is 5.92 Å². The highest BCUT2D eigenvalue weighted by Gasteiger charge is 2.12. The molecule has 6 heteroatoms. The zero-order valence-electron chi connectivity index (χ0n) is 16.8. The van der Waals surface area contributed by atoms with E-state index in [4.69, 9.17) is 18.6 Å². The van der Waals surface area contributed by atoms with Gasteiger partial charge in [0.1, 0.15) is 23.3 Å². The molecule has 29 heavy (non-hydrogen) atoms. The van der Waals surface area contributed by atoms with E-state index >= 15 is 0 Å². The number of benzene rings is 2. The molecule has 0 atom stereocenters. The molecule has 152 valence electrons. The fraction of sp³-hybridized carbons (Fsp3) is 0.304.